The highest BCUT2D eigenvalue weighted by Gasteiger charge is 2.49. The van der Waals surface area contributed by atoms with Crippen molar-refractivity contribution >= 4 is 29.6 Å². The van der Waals surface area contributed by atoms with E-state index in [1.165, 1.54) is 29.2 Å². The van der Waals surface area contributed by atoms with E-state index in [4.69, 9.17) is 9.52 Å². The van der Waals surface area contributed by atoms with Crippen molar-refractivity contribution in [2.24, 2.45) is 4.99 Å². The van der Waals surface area contributed by atoms with Gasteiger partial charge in [-0.25, -0.2) is 8.78 Å². The Balaban J connectivity index is 0.000000854. The maximum Gasteiger partial charge on any atom is 0.256 e. The van der Waals surface area contributed by atoms with Gasteiger partial charge in [0.25, 0.3) is 5.91 Å². The Morgan fingerprint density at radius 1 is 1.00 bits per heavy atom. The molecule has 1 aliphatic heterocycles. The Hall–Kier alpha value is -3.20. The summed E-state index contributed by atoms with van der Waals surface area (Å²) in [6, 6.07) is 15.3. The van der Waals surface area contributed by atoms with Crippen molar-refractivity contribution in [3.8, 4) is 11.1 Å². The van der Waals surface area contributed by atoms with Gasteiger partial charge in [-0.05, 0) is 86.2 Å². The fourth-order valence-corrected chi connectivity index (χ4v) is 6.68. The van der Waals surface area contributed by atoms with E-state index in [1.54, 1.807) is 11.9 Å². The van der Waals surface area contributed by atoms with E-state index in [9.17, 15) is 13.6 Å². The van der Waals surface area contributed by atoms with Crippen LogP contribution < -0.4 is 4.72 Å². The molecule has 45 heavy (non-hydrogen) atoms. The maximum absolute atomic E-state index is 13.7. The Kier molecular flexibility index (Phi) is 12.6. The Morgan fingerprint density at radius 3 is 2.33 bits per heavy atom. The minimum Gasteiger partial charge on any atom is -0.337 e. The van der Waals surface area contributed by atoms with Gasteiger partial charge in [0.2, 0.25) is 12.3 Å². The van der Waals surface area contributed by atoms with Crippen LogP contribution in [0.2, 0.25) is 0 Å². The van der Waals surface area contributed by atoms with Crippen LogP contribution in [0.15, 0.2) is 56.9 Å². The zero-order valence-corrected chi connectivity index (χ0v) is 28.2. The zero-order valence-electron chi connectivity index (χ0n) is 27.4. The number of halogens is 2. The second-order valence-electron chi connectivity index (χ2n) is 12.1. The summed E-state index contributed by atoms with van der Waals surface area (Å²) < 4.78 is 30.4. The number of aryl methyl sites for hydroxylation is 2. The van der Waals surface area contributed by atoms with E-state index in [0.29, 0.717) is 12.4 Å². The number of carbonyl (C=O) groups is 1. The van der Waals surface area contributed by atoms with E-state index in [-0.39, 0.29) is 12.3 Å². The fourth-order valence-electron chi connectivity index (χ4n) is 5.85. The van der Waals surface area contributed by atoms with Gasteiger partial charge >= 0.3 is 0 Å². The van der Waals surface area contributed by atoms with E-state index < -0.39 is 12.0 Å². The topological polar surface area (TPSA) is 70.7 Å². The standard InChI is InChI=1S/C33H42N4O2S.C3H6F2/c1-5-7-13-26-21-25(22-37-30(16-8-6-2)34-33(32(37)38)19-11-12-20-33)17-18-27(26)28-14-9-10-15-29(28)40-36-31-23(3)24(4)35-39-31;1-2-3(4)5/h9-10,14-15,17-18,21,36H,5-8,11-13,16,19-20,22H2,1-4H3;3H,2H2,1H3. The second kappa shape index (κ2) is 16.4. The number of nitrogens with zero attached hydrogens (tertiary/aromatic N) is 3. The van der Waals surface area contributed by atoms with Gasteiger partial charge < -0.3 is 4.52 Å². The van der Waals surface area contributed by atoms with Crippen LogP contribution in [-0.2, 0) is 17.8 Å². The Morgan fingerprint density at radius 2 is 1.69 bits per heavy atom. The van der Waals surface area contributed by atoms with Gasteiger partial charge in [-0.1, -0.05) is 88.0 Å². The smallest absolute Gasteiger partial charge is 0.256 e. The van der Waals surface area contributed by atoms with E-state index in [0.717, 1.165) is 86.2 Å². The highest BCUT2D eigenvalue weighted by molar-refractivity contribution is 8.00. The van der Waals surface area contributed by atoms with Crippen LogP contribution in [0.1, 0.15) is 107 Å². The van der Waals surface area contributed by atoms with Crippen LogP contribution >= 0.6 is 11.9 Å². The molecule has 0 radical (unpaired) electrons. The molecular formula is C36H48F2N4O2S. The summed E-state index contributed by atoms with van der Waals surface area (Å²) in [5.74, 6) is 1.91. The number of unbranched alkanes of at least 4 members (excludes halogenated alkanes) is 2. The lowest BCUT2D eigenvalue weighted by atomic mass is 9.93. The second-order valence-corrected chi connectivity index (χ2v) is 12.9. The summed E-state index contributed by atoms with van der Waals surface area (Å²) in [7, 11) is 0. The first-order valence-corrected chi connectivity index (χ1v) is 17.3. The highest BCUT2D eigenvalue weighted by Crippen LogP contribution is 2.41. The molecule has 2 aliphatic rings. The normalized spacial score (nSPS) is 15.5. The molecule has 3 aromatic rings. The van der Waals surface area contributed by atoms with E-state index >= 15 is 0 Å². The average molecular weight is 639 g/mol. The number of aliphatic imine (C=N–C) groups is 1. The van der Waals surface area contributed by atoms with Gasteiger partial charge in [-0.3, -0.25) is 19.4 Å². The van der Waals surface area contributed by atoms with Crippen LogP contribution in [0.3, 0.4) is 0 Å². The molecule has 1 fully saturated rings. The molecule has 2 heterocycles. The first kappa shape index (κ1) is 34.7. The van der Waals surface area contributed by atoms with Crippen LogP contribution in [0.25, 0.3) is 11.1 Å². The summed E-state index contributed by atoms with van der Waals surface area (Å²) >= 11 is 1.55. The lowest BCUT2D eigenvalue weighted by Crippen LogP contribution is -2.40. The van der Waals surface area contributed by atoms with Crippen molar-refractivity contribution < 1.29 is 18.1 Å². The van der Waals surface area contributed by atoms with Crippen molar-refractivity contribution in [2.75, 3.05) is 4.72 Å². The molecule has 244 valence electrons. The number of hydrogen-bond acceptors (Lipinski definition) is 6. The van der Waals surface area contributed by atoms with Gasteiger partial charge in [0.05, 0.1) is 12.2 Å². The zero-order chi connectivity index (χ0) is 32.4. The molecule has 9 heteroatoms. The SMILES string of the molecule is CCC(F)F.CCCCC1=NC2(CCCC2)C(=O)N1Cc1ccc(-c2ccccc2SNc2onc(C)c2C)c(CCCC)c1. The van der Waals surface area contributed by atoms with Gasteiger partial charge in [0.1, 0.15) is 11.4 Å². The molecule has 0 saturated heterocycles. The molecule has 1 amide bonds. The molecule has 0 atom stereocenters. The molecule has 1 aromatic heterocycles. The Labute approximate surface area is 271 Å². The molecule has 0 bridgehead atoms. The number of carbonyl (C=O) groups excluding carboxylic acids is 1. The van der Waals surface area contributed by atoms with E-state index in [1.807, 2.05) is 18.7 Å². The third-order valence-electron chi connectivity index (χ3n) is 8.69. The quantitative estimate of drug-likeness (QED) is 0.189. The van der Waals surface area contributed by atoms with Gasteiger partial charge in [-0.2, -0.15) is 0 Å². The number of alkyl halides is 2. The fraction of sp³-hybridized carbons (Fsp3) is 0.528. The lowest BCUT2D eigenvalue weighted by Gasteiger charge is -2.23. The summed E-state index contributed by atoms with van der Waals surface area (Å²) in [5, 5.41) is 4.07. The van der Waals surface area contributed by atoms with Crippen molar-refractivity contribution in [2.45, 2.75) is 129 Å². The predicted molar refractivity (Wildman–Crippen MR) is 181 cm³/mol. The lowest BCUT2D eigenvalue weighted by molar-refractivity contribution is -0.131. The first-order valence-electron chi connectivity index (χ1n) is 16.5. The molecule has 5 rings (SSSR count). The first-order chi connectivity index (χ1) is 21.7. The maximum atomic E-state index is 13.7. The van der Waals surface area contributed by atoms with Crippen molar-refractivity contribution in [3.05, 3.63) is 64.8 Å². The summed E-state index contributed by atoms with van der Waals surface area (Å²) in [5.41, 5.74) is 6.37. The summed E-state index contributed by atoms with van der Waals surface area (Å²) in [6.07, 6.45) is 8.15. The number of hydrogen-bond donors (Lipinski definition) is 1. The average Bonchev–Trinajstić information content (AvgIpc) is 3.73. The third kappa shape index (κ3) is 8.54. The number of amides is 1. The predicted octanol–water partition coefficient (Wildman–Crippen LogP) is 10.3. The number of aromatic nitrogens is 1. The minimum absolute atomic E-state index is 0.0278. The molecule has 2 aromatic carbocycles. The number of anilines is 1. The van der Waals surface area contributed by atoms with Gasteiger partial charge in [0.15, 0.2) is 0 Å². The summed E-state index contributed by atoms with van der Waals surface area (Å²) in [4.78, 5) is 21.9. The number of rotatable bonds is 13. The molecule has 1 saturated carbocycles. The van der Waals surface area contributed by atoms with Crippen molar-refractivity contribution in [1.29, 1.82) is 0 Å². The Bertz CT molecular complexity index is 1450. The molecule has 1 aliphatic carbocycles. The molecule has 1 spiro atoms. The monoisotopic (exact) mass is 638 g/mol. The number of amidine groups is 1. The van der Waals surface area contributed by atoms with Crippen LogP contribution in [-0.4, -0.2) is 33.8 Å². The van der Waals surface area contributed by atoms with E-state index in [2.05, 4.69) is 66.2 Å². The molecule has 1 N–H and O–H groups in total. The van der Waals surface area contributed by atoms with Crippen LogP contribution in [0.5, 0.6) is 0 Å². The van der Waals surface area contributed by atoms with Crippen molar-refractivity contribution in [1.82, 2.24) is 10.1 Å². The number of benzene rings is 2. The summed E-state index contributed by atoms with van der Waals surface area (Å²) in [6.45, 7) is 10.5. The van der Waals surface area contributed by atoms with Gasteiger partial charge in [-0.15, -0.1) is 0 Å². The third-order valence-corrected chi connectivity index (χ3v) is 9.55. The highest BCUT2D eigenvalue weighted by atomic mass is 32.2. The molecule has 0 unspecified atom stereocenters. The number of nitrogens with one attached hydrogen (secondary N) is 1. The minimum atomic E-state index is -2.12. The van der Waals surface area contributed by atoms with Crippen LogP contribution in [0, 0.1) is 13.8 Å². The van der Waals surface area contributed by atoms with Crippen LogP contribution in [0.4, 0.5) is 14.7 Å². The molecule has 6 nitrogen and oxygen atoms in total. The van der Waals surface area contributed by atoms with Gasteiger partial charge in [0, 0.05) is 23.3 Å². The molecular weight excluding hydrogens is 590 g/mol. The van der Waals surface area contributed by atoms with Crippen molar-refractivity contribution in [3.63, 3.8) is 0 Å². The largest absolute Gasteiger partial charge is 0.337 e.